The number of alkyl halides is 3. The van der Waals surface area contributed by atoms with E-state index in [2.05, 4.69) is 26.0 Å². The fraction of sp³-hybridized carbons (Fsp3) is 0.143. The molecule has 2 aromatic rings. The molecule has 1 N–H and O–H groups in total. The molecule has 0 aliphatic heterocycles. The maximum absolute atomic E-state index is 12.5. The molecule has 4 nitrogen and oxygen atoms in total. The Labute approximate surface area is 88.8 Å². The zero-order valence-corrected chi connectivity index (χ0v) is 8.56. The summed E-state index contributed by atoms with van der Waals surface area (Å²) in [4.78, 5) is 13.2. The van der Waals surface area contributed by atoms with Gasteiger partial charge >= 0.3 is 6.18 Å². The average Bonchev–Trinajstić information content (AvgIpc) is 2.45. The van der Waals surface area contributed by atoms with Crippen LogP contribution in [0.1, 0.15) is 5.69 Å². The van der Waals surface area contributed by atoms with Crippen molar-refractivity contribution >= 4 is 21.6 Å². The molecule has 2 heterocycles. The number of hydrogen-bond donors (Lipinski definition) is 1. The van der Waals surface area contributed by atoms with E-state index in [4.69, 9.17) is 0 Å². The first-order valence-electron chi connectivity index (χ1n) is 3.73. The third kappa shape index (κ3) is 1.65. The van der Waals surface area contributed by atoms with Crippen LogP contribution in [0.5, 0.6) is 0 Å². The third-order valence-corrected chi connectivity index (χ3v) is 2.33. The molecule has 0 unspecified atom stereocenters. The number of fused-ring (bicyclic) bond motifs is 1. The highest BCUT2D eigenvalue weighted by Crippen LogP contribution is 2.29. The molecule has 15 heavy (non-hydrogen) atoms. The van der Waals surface area contributed by atoms with E-state index in [9.17, 15) is 18.0 Å². The molecule has 0 bridgehead atoms. The van der Waals surface area contributed by atoms with E-state index < -0.39 is 17.4 Å². The van der Waals surface area contributed by atoms with Gasteiger partial charge in [-0.1, -0.05) is 0 Å². The van der Waals surface area contributed by atoms with Gasteiger partial charge in [-0.3, -0.25) is 4.79 Å². The van der Waals surface area contributed by atoms with Crippen LogP contribution in [0.15, 0.2) is 21.5 Å². The Kier molecular flexibility index (Phi) is 2.10. The van der Waals surface area contributed by atoms with Crippen LogP contribution >= 0.6 is 15.9 Å². The van der Waals surface area contributed by atoms with E-state index in [0.29, 0.717) is 15.1 Å². The molecule has 8 heteroatoms. The van der Waals surface area contributed by atoms with E-state index >= 15 is 0 Å². The highest BCUT2D eigenvalue weighted by atomic mass is 79.9. The standard InChI is InChI=1S/C7H3BrF3N3O/c8-3-2-12-14-4(7(9,10)11)1-5(15)13-6(3)14/h1-2H,(H,13,15). The first kappa shape index (κ1) is 10.2. The minimum absolute atomic E-state index is 0.0187. The van der Waals surface area contributed by atoms with Gasteiger partial charge in [-0.15, -0.1) is 0 Å². The van der Waals surface area contributed by atoms with Crippen molar-refractivity contribution in [2.75, 3.05) is 0 Å². The first-order chi connectivity index (χ1) is 6.89. The Hall–Kier alpha value is -1.31. The van der Waals surface area contributed by atoms with Gasteiger partial charge in [0, 0.05) is 6.07 Å². The minimum atomic E-state index is -4.61. The molecule has 80 valence electrons. The van der Waals surface area contributed by atoms with Crippen molar-refractivity contribution < 1.29 is 13.2 Å². The predicted molar refractivity (Wildman–Crippen MR) is 48.5 cm³/mol. The second kappa shape index (κ2) is 3.09. The number of nitrogens with one attached hydrogen (secondary N) is 1. The molecule has 2 aromatic heterocycles. The van der Waals surface area contributed by atoms with Crippen molar-refractivity contribution in [3.8, 4) is 0 Å². The summed E-state index contributed by atoms with van der Waals surface area (Å²) in [6.07, 6.45) is -3.43. The smallest absolute Gasteiger partial charge is 0.306 e. The van der Waals surface area contributed by atoms with Gasteiger partial charge in [0.15, 0.2) is 11.3 Å². The third-order valence-electron chi connectivity index (χ3n) is 1.75. The second-order valence-corrected chi connectivity index (χ2v) is 3.62. The number of hydrogen-bond acceptors (Lipinski definition) is 2. The molecule has 0 amide bonds. The molecule has 0 saturated carbocycles. The number of aromatic nitrogens is 3. The molecular formula is C7H3BrF3N3O. The van der Waals surface area contributed by atoms with Gasteiger partial charge < -0.3 is 4.98 Å². The van der Waals surface area contributed by atoms with Gasteiger partial charge in [-0.05, 0) is 15.9 Å². The molecule has 0 aliphatic rings. The van der Waals surface area contributed by atoms with Crippen LogP contribution < -0.4 is 5.56 Å². The van der Waals surface area contributed by atoms with Crippen molar-refractivity contribution in [1.82, 2.24) is 14.6 Å². The van der Waals surface area contributed by atoms with E-state index in [0.717, 1.165) is 0 Å². The van der Waals surface area contributed by atoms with Crippen molar-refractivity contribution in [3.05, 3.63) is 32.8 Å². The molecule has 0 radical (unpaired) electrons. The van der Waals surface area contributed by atoms with Gasteiger partial charge in [0.1, 0.15) is 0 Å². The fourth-order valence-electron chi connectivity index (χ4n) is 1.16. The lowest BCUT2D eigenvalue weighted by Crippen LogP contribution is -2.19. The van der Waals surface area contributed by atoms with Gasteiger partial charge in [-0.2, -0.15) is 18.3 Å². The van der Waals surface area contributed by atoms with Crippen molar-refractivity contribution in [1.29, 1.82) is 0 Å². The zero-order chi connectivity index (χ0) is 11.2. The van der Waals surface area contributed by atoms with Crippen molar-refractivity contribution in [2.24, 2.45) is 0 Å². The van der Waals surface area contributed by atoms with E-state index in [-0.39, 0.29) is 5.65 Å². The van der Waals surface area contributed by atoms with E-state index in [1.807, 2.05) is 0 Å². The maximum Gasteiger partial charge on any atom is 0.433 e. The summed E-state index contributed by atoms with van der Waals surface area (Å²) < 4.78 is 38.4. The van der Waals surface area contributed by atoms with Crippen LogP contribution in [0.2, 0.25) is 0 Å². The summed E-state index contributed by atoms with van der Waals surface area (Å²) in [7, 11) is 0. The highest BCUT2D eigenvalue weighted by Gasteiger charge is 2.35. The molecule has 2 rings (SSSR count). The number of nitrogens with zero attached hydrogens (tertiary/aromatic N) is 2. The molecule has 0 aliphatic carbocycles. The number of halogens is 4. The largest absolute Gasteiger partial charge is 0.433 e. The molecule has 0 saturated heterocycles. The molecule has 0 aromatic carbocycles. The Morgan fingerprint density at radius 2 is 2.13 bits per heavy atom. The molecule has 0 spiro atoms. The maximum atomic E-state index is 12.5. The molecule has 0 fully saturated rings. The normalized spacial score (nSPS) is 12.3. The second-order valence-electron chi connectivity index (χ2n) is 2.77. The van der Waals surface area contributed by atoms with Crippen molar-refractivity contribution in [3.63, 3.8) is 0 Å². The van der Waals surface area contributed by atoms with Gasteiger partial charge in [0.05, 0.1) is 10.7 Å². The van der Waals surface area contributed by atoms with Crippen LogP contribution in [-0.2, 0) is 6.18 Å². The van der Waals surface area contributed by atoms with Crippen LogP contribution in [0.25, 0.3) is 5.65 Å². The summed E-state index contributed by atoms with van der Waals surface area (Å²) in [5, 5.41) is 3.51. The SMILES string of the molecule is O=c1cc(C(F)(F)F)n2ncc(Br)c2[nH]1. The Balaban J connectivity index is 2.90. The number of aromatic amines is 1. The molecule has 0 atom stereocenters. The van der Waals surface area contributed by atoms with Crippen molar-refractivity contribution in [2.45, 2.75) is 6.18 Å². The van der Waals surface area contributed by atoms with Crippen LogP contribution in [0.4, 0.5) is 13.2 Å². The summed E-state index contributed by atoms with van der Waals surface area (Å²) in [5.41, 5.74) is -1.95. The number of rotatable bonds is 0. The Bertz CT molecular complexity index is 571. The fourth-order valence-corrected chi connectivity index (χ4v) is 1.52. The van der Waals surface area contributed by atoms with Crippen LogP contribution in [0, 0.1) is 0 Å². The monoisotopic (exact) mass is 281 g/mol. The zero-order valence-electron chi connectivity index (χ0n) is 6.97. The Morgan fingerprint density at radius 3 is 2.73 bits per heavy atom. The summed E-state index contributed by atoms with van der Waals surface area (Å²) in [5.74, 6) is 0. The summed E-state index contributed by atoms with van der Waals surface area (Å²) in [6.45, 7) is 0. The lowest BCUT2D eigenvalue weighted by molar-refractivity contribution is -0.142. The minimum Gasteiger partial charge on any atom is -0.306 e. The quantitative estimate of drug-likeness (QED) is 0.801. The number of H-pyrrole nitrogens is 1. The lowest BCUT2D eigenvalue weighted by Gasteiger charge is -2.07. The van der Waals surface area contributed by atoms with Crippen LogP contribution in [0.3, 0.4) is 0 Å². The van der Waals surface area contributed by atoms with E-state index in [1.54, 1.807) is 0 Å². The highest BCUT2D eigenvalue weighted by molar-refractivity contribution is 9.10. The molecular weight excluding hydrogens is 279 g/mol. The first-order valence-corrected chi connectivity index (χ1v) is 4.52. The summed E-state index contributed by atoms with van der Waals surface area (Å²) in [6, 6.07) is 0.465. The van der Waals surface area contributed by atoms with E-state index in [1.165, 1.54) is 6.20 Å². The van der Waals surface area contributed by atoms with Gasteiger partial charge in [0.2, 0.25) is 0 Å². The summed E-state index contributed by atoms with van der Waals surface area (Å²) >= 11 is 2.98. The topological polar surface area (TPSA) is 50.2 Å². The predicted octanol–water partition coefficient (Wildman–Crippen LogP) is 1.80. The average molecular weight is 282 g/mol. The van der Waals surface area contributed by atoms with Gasteiger partial charge in [-0.25, -0.2) is 4.52 Å². The van der Waals surface area contributed by atoms with Crippen LogP contribution in [-0.4, -0.2) is 14.6 Å². The Morgan fingerprint density at radius 1 is 1.47 bits per heavy atom. The lowest BCUT2D eigenvalue weighted by atomic mass is 10.4. The van der Waals surface area contributed by atoms with Gasteiger partial charge in [0.25, 0.3) is 5.56 Å².